The van der Waals surface area contributed by atoms with E-state index in [9.17, 15) is 4.79 Å². The number of hydrogen-bond acceptors (Lipinski definition) is 5. The zero-order valence-corrected chi connectivity index (χ0v) is 11.2. The molecular formula is C12H13N5OS. The smallest absolute Gasteiger partial charge is 0.224 e. The second kappa shape index (κ2) is 4.58. The van der Waals surface area contributed by atoms with Crippen LogP contribution in [0.5, 0.6) is 0 Å². The maximum Gasteiger partial charge on any atom is 0.224 e. The minimum atomic E-state index is 0.0388. The van der Waals surface area contributed by atoms with Gasteiger partial charge in [0.05, 0.1) is 0 Å². The second-order valence-electron chi connectivity index (χ2n) is 4.40. The molecule has 4 N–H and O–H groups in total. The van der Waals surface area contributed by atoms with Gasteiger partial charge in [0.2, 0.25) is 11.1 Å². The standard InChI is InChI=1S/C12H13N5OS/c1-6-14-12(17-16-6)19-10-4-7-2-3-11(18)15-9(7)5-8(10)13/h4-5H,2-3,13H2,1H3,(H,15,18)(H,14,16,17). The zero-order valence-electron chi connectivity index (χ0n) is 10.4. The molecule has 0 bridgehead atoms. The Bertz CT molecular complexity index is 652. The number of benzene rings is 1. The normalized spacial score (nSPS) is 14.1. The number of H-pyrrole nitrogens is 1. The Kier molecular flexibility index (Phi) is 2.90. The van der Waals surface area contributed by atoms with E-state index in [2.05, 4.69) is 20.5 Å². The summed E-state index contributed by atoms with van der Waals surface area (Å²) in [6, 6.07) is 3.80. The third kappa shape index (κ3) is 2.41. The van der Waals surface area contributed by atoms with Crippen LogP contribution in [0.15, 0.2) is 22.2 Å². The van der Waals surface area contributed by atoms with Gasteiger partial charge in [-0.2, -0.15) is 0 Å². The van der Waals surface area contributed by atoms with Gasteiger partial charge in [0.1, 0.15) is 5.82 Å². The van der Waals surface area contributed by atoms with Crippen molar-refractivity contribution in [2.45, 2.75) is 29.8 Å². The van der Waals surface area contributed by atoms with Crippen molar-refractivity contribution >= 4 is 29.0 Å². The van der Waals surface area contributed by atoms with Crippen LogP contribution < -0.4 is 11.1 Å². The molecule has 1 amide bonds. The molecule has 0 aliphatic carbocycles. The van der Waals surface area contributed by atoms with Crippen LogP contribution in [-0.2, 0) is 11.2 Å². The predicted molar refractivity (Wildman–Crippen MR) is 73.0 cm³/mol. The molecule has 0 fully saturated rings. The van der Waals surface area contributed by atoms with Crippen molar-refractivity contribution < 1.29 is 4.79 Å². The van der Waals surface area contributed by atoms with Gasteiger partial charge in [-0.05, 0) is 42.8 Å². The number of anilines is 2. The molecule has 2 heterocycles. The van der Waals surface area contributed by atoms with E-state index in [0.29, 0.717) is 17.3 Å². The number of fused-ring (bicyclic) bond motifs is 1. The first-order valence-electron chi connectivity index (χ1n) is 5.91. The molecule has 0 saturated heterocycles. The number of amides is 1. The van der Waals surface area contributed by atoms with Gasteiger partial charge in [0.25, 0.3) is 0 Å². The first-order chi connectivity index (χ1) is 9.11. The van der Waals surface area contributed by atoms with Crippen LogP contribution in [0.1, 0.15) is 17.8 Å². The molecule has 1 aromatic carbocycles. The molecule has 1 aliphatic heterocycles. The molecule has 6 nitrogen and oxygen atoms in total. The Balaban J connectivity index is 1.92. The van der Waals surface area contributed by atoms with Crippen LogP contribution >= 0.6 is 11.8 Å². The number of nitrogens with zero attached hydrogens (tertiary/aromatic N) is 2. The van der Waals surface area contributed by atoms with E-state index in [1.165, 1.54) is 11.8 Å². The summed E-state index contributed by atoms with van der Waals surface area (Å²) in [5.74, 6) is 0.809. The quantitative estimate of drug-likeness (QED) is 0.725. The molecule has 0 radical (unpaired) electrons. The topological polar surface area (TPSA) is 96.7 Å². The van der Waals surface area contributed by atoms with E-state index < -0.39 is 0 Å². The van der Waals surface area contributed by atoms with Crippen LogP contribution in [0, 0.1) is 6.92 Å². The summed E-state index contributed by atoms with van der Waals surface area (Å²) in [5, 5.41) is 10.3. The van der Waals surface area contributed by atoms with E-state index in [4.69, 9.17) is 5.73 Å². The number of rotatable bonds is 2. The summed E-state index contributed by atoms with van der Waals surface area (Å²) in [5.41, 5.74) is 8.54. The van der Waals surface area contributed by atoms with Crippen LogP contribution in [0.3, 0.4) is 0 Å². The maximum atomic E-state index is 11.3. The fourth-order valence-corrected chi connectivity index (χ4v) is 2.83. The maximum absolute atomic E-state index is 11.3. The molecule has 3 rings (SSSR count). The van der Waals surface area contributed by atoms with Crippen molar-refractivity contribution in [2.75, 3.05) is 11.1 Å². The van der Waals surface area contributed by atoms with Gasteiger partial charge in [-0.1, -0.05) is 0 Å². The Hall–Kier alpha value is -2.02. The Morgan fingerprint density at radius 3 is 2.95 bits per heavy atom. The van der Waals surface area contributed by atoms with Crippen molar-refractivity contribution in [3.05, 3.63) is 23.5 Å². The first-order valence-corrected chi connectivity index (χ1v) is 6.72. The number of nitrogens with one attached hydrogen (secondary N) is 2. The van der Waals surface area contributed by atoms with Crippen LogP contribution in [0.2, 0.25) is 0 Å². The molecule has 7 heteroatoms. The van der Waals surface area contributed by atoms with E-state index in [0.717, 1.165) is 28.4 Å². The highest BCUT2D eigenvalue weighted by atomic mass is 32.2. The number of nitrogens with two attached hydrogens (primary N) is 1. The summed E-state index contributed by atoms with van der Waals surface area (Å²) < 4.78 is 0. The Morgan fingerprint density at radius 1 is 1.37 bits per heavy atom. The number of carbonyl (C=O) groups is 1. The minimum Gasteiger partial charge on any atom is -0.398 e. The van der Waals surface area contributed by atoms with Crippen LogP contribution in [0.4, 0.5) is 11.4 Å². The summed E-state index contributed by atoms with van der Waals surface area (Å²) in [6.07, 6.45) is 1.25. The van der Waals surface area contributed by atoms with Crippen molar-refractivity contribution in [3.8, 4) is 0 Å². The van der Waals surface area contributed by atoms with Crippen molar-refractivity contribution in [1.29, 1.82) is 0 Å². The van der Waals surface area contributed by atoms with Crippen molar-refractivity contribution in [3.63, 3.8) is 0 Å². The average Bonchev–Trinajstić information content (AvgIpc) is 2.76. The third-order valence-corrected chi connectivity index (χ3v) is 3.85. The van der Waals surface area contributed by atoms with E-state index in [1.54, 1.807) is 6.07 Å². The molecule has 0 saturated carbocycles. The Labute approximate surface area is 114 Å². The van der Waals surface area contributed by atoms with Gasteiger partial charge in [-0.15, -0.1) is 5.10 Å². The molecule has 0 spiro atoms. The predicted octanol–water partition coefficient (Wildman–Crippen LogP) is 1.73. The minimum absolute atomic E-state index is 0.0388. The number of nitrogen functional groups attached to an aromatic ring is 1. The van der Waals surface area contributed by atoms with E-state index in [1.807, 2.05) is 13.0 Å². The van der Waals surface area contributed by atoms with Crippen molar-refractivity contribution in [1.82, 2.24) is 15.2 Å². The summed E-state index contributed by atoms with van der Waals surface area (Å²) in [6.45, 7) is 1.85. The van der Waals surface area contributed by atoms with E-state index >= 15 is 0 Å². The lowest BCUT2D eigenvalue weighted by atomic mass is 10.0. The summed E-state index contributed by atoms with van der Waals surface area (Å²) in [4.78, 5) is 16.5. The van der Waals surface area contributed by atoms with E-state index in [-0.39, 0.29) is 5.91 Å². The molecular weight excluding hydrogens is 262 g/mol. The fraction of sp³-hybridized carbons (Fsp3) is 0.250. The lowest BCUT2D eigenvalue weighted by molar-refractivity contribution is -0.116. The van der Waals surface area contributed by atoms with Gasteiger partial charge in [0.15, 0.2) is 0 Å². The monoisotopic (exact) mass is 275 g/mol. The highest BCUT2D eigenvalue weighted by Crippen LogP contribution is 2.35. The molecule has 0 unspecified atom stereocenters. The molecule has 19 heavy (non-hydrogen) atoms. The third-order valence-electron chi connectivity index (χ3n) is 2.91. The molecule has 1 aromatic heterocycles. The number of aromatic amines is 1. The number of aromatic nitrogens is 3. The molecule has 2 aromatic rings. The molecule has 1 aliphatic rings. The first kappa shape index (κ1) is 12.0. The van der Waals surface area contributed by atoms with Gasteiger partial charge < -0.3 is 11.1 Å². The second-order valence-corrected chi connectivity index (χ2v) is 5.41. The van der Waals surface area contributed by atoms with Crippen LogP contribution in [0.25, 0.3) is 0 Å². The highest BCUT2D eigenvalue weighted by molar-refractivity contribution is 7.99. The van der Waals surface area contributed by atoms with Crippen LogP contribution in [-0.4, -0.2) is 21.1 Å². The molecule has 98 valence electrons. The average molecular weight is 275 g/mol. The summed E-state index contributed by atoms with van der Waals surface area (Å²) >= 11 is 1.42. The zero-order chi connectivity index (χ0) is 13.4. The SMILES string of the molecule is Cc1nc(Sc2cc3c(cc2N)NC(=O)CC3)n[nH]1. The van der Waals surface area contributed by atoms with Gasteiger partial charge >= 0.3 is 0 Å². The number of carbonyl (C=O) groups excluding carboxylic acids is 1. The lowest BCUT2D eigenvalue weighted by Crippen LogP contribution is -2.19. The molecule has 0 atom stereocenters. The lowest BCUT2D eigenvalue weighted by Gasteiger charge is -2.18. The fourth-order valence-electron chi connectivity index (χ4n) is 1.98. The van der Waals surface area contributed by atoms with Gasteiger partial charge in [-0.3, -0.25) is 9.89 Å². The number of aryl methyl sites for hydroxylation is 2. The Morgan fingerprint density at radius 2 is 2.21 bits per heavy atom. The summed E-state index contributed by atoms with van der Waals surface area (Å²) in [7, 11) is 0. The van der Waals surface area contributed by atoms with Gasteiger partial charge in [0, 0.05) is 22.7 Å². The largest absolute Gasteiger partial charge is 0.398 e. The van der Waals surface area contributed by atoms with Crippen molar-refractivity contribution in [2.24, 2.45) is 0 Å². The van der Waals surface area contributed by atoms with Gasteiger partial charge in [-0.25, -0.2) is 4.98 Å². The number of hydrogen-bond donors (Lipinski definition) is 3. The highest BCUT2D eigenvalue weighted by Gasteiger charge is 2.17.